The molecule has 1 aliphatic rings. The summed E-state index contributed by atoms with van der Waals surface area (Å²) < 4.78 is 0. The normalized spacial score (nSPS) is 15.7. The number of piperazine rings is 1. The quantitative estimate of drug-likeness (QED) is 0.620. The molecule has 2 rings (SSSR count). The molecule has 0 amide bonds. The maximum absolute atomic E-state index is 4.61. The van der Waals surface area contributed by atoms with Gasteiger partial charge >= 0.3 is 0 Å². The third kappa shape index (κ3) is 4.71. The molecule has 20 heavy (non-hydrogen) atoms. The van der Waals surface area contributed by atoms with Gasteiger partial charge in [0, 0.05) is 38.4 Å². The molecule has 110 valence electrons. The lowest BCUT2D eigenvalue weighted by atomic mass is 10.2. The van der Waals surface area contributed by atoms with E-state index in [1.165, 1.54) is 12.2 Å². The predicted molar refractivity (Wildman–Crippen MR) is 91.4 cm³/mol. The Morgan fingerprint density at radius 1 is 1.15 bits per heavy atom. The fraction of sp³-hybridized carbons (Fsp3) is 0.562. The summed E-state index contributed by atoms with van der Waals surface area (Å²) in [5.41, 5.74) is 2.14. The molecule has 0 N–H and O–H groups in total. The lowest BCUT2D eigenvalue weighted by Gasteiger charge is -2.36. The molecule has 0 bridgehead atoms. The highest BCUT2D eigenvalue weighted by Gasteiger charge is 2.17. The Morgan fingerprint density at radius 2 is 1.75 bits per heavy atom. The summed E-state index contributed by atoms with van der Waals surface area (Å²) in [7, 11) is 0. The van der Waals surface area contributed by atoms with E-state index in [0.717, 1.165) is 37.8 Å². The third-order valence-electron chi connectivity index (χ3n) is 3.39. The van der Waals surface area contributed by atoms with E-state index in [2.05, 4.69) is 58.2 Å². The third-order valence-corrected chi connectivity index (χ3v) is 3.48. The van der Waals surface area contributed by atoms with Crippen molar-refractivity contribution in [2.24, 2.45) is 10.9 Å². The molecule has 4 heteroatoms. The molecule has 1 heterocycles. The van der Waals surface area contributed by atoms with Gasteiger partial charge in [-0.25, -0.2) is 0 Å². The zero-order valence-electron chi connectivity index (χ0n) is 11.7. The molecule has 0 aromatic heterocycles. The maximum atomic E-state index is 4.61. The lowest BCUT2D eigenvalue weighted by molar-refractivity contribution is 0.231. The molecule has 0 saturated carbocycles. The summed E-state index contributed by atoms with van der Waals surface area (Å²) in [4.78, 5) is 8.96. The fourth-order valence-corrected chi connectivity index (χ4v) is 2.60. The average molecular weight is 291 g/mol. The van der Waals surface area contributed by atoms with Crippen molar-refractivity contribution in [3.05, 3.63) is 24.3 Å². The Balaban J connectivity index is 0.00000200. The van der Waals surface area contributed by atoms with Crippen molar-refractivity contribution in [1.29, 1.82) is 0 Å². The fourth-order valence-electron chi connectivity index (χ4n) is 2.50. The van der Waals surface area contributed by atoms with Crippen LogP contribution in [0.3, 0.4) is 0 Å². The van der Waals surface area contributed by atoms with Crippen LogP contribution in [0.1, 0.15) is 21.3 Å². The summed E-state index contributed by atoms with van der Waals surface area (Å²) in [5.74, 6) is 0.748. The summed E-state index contributed by atoms with van der Waals surface area (Å²) in [5, 5.41) is 2.40. The van der Waals surface area contributed by atoms with Gasteiger partial charge in [0.25, 0.3) is 0 Å². The predicted octanol–water partition coefficient (Wildman–Crippen LogP) is 3.84. The molecule has 0 radical (unpaired) electrons. The van der Waals surface area contributed by atoms with Gasteiger partial charge in [-0.2, -0.15) is 4.99 Å². The first kappa shape index (κ1) is 16.8. The zero-order valence-corrected chi connectivity index (χ0v) is 12.5. The average Bonchev–Trinajstić information content (AvgIpc) is 2.40. The minimum absolute atomic E-state index is 0. The summed E-state index contributed by atoms with van der Waals surface area (Å²) in [6, 6.07) is 8.22. The molecule has 1 fully saturated rings. The molecular weight excluding hydrogens is 266 g/mol. The van der Waals surface area contributed by atoms with Crippen LogP contribution < -0.4 is 4.90 Å². The number of anilines is 1. The van der Waals surface area contributed by atoms with E-state index >= 15 is 0 Å². The molecular formula is C16H25N3S. The minimum Gasteiger partial charge on any atom is -0.369 e. The number of nitrogens with zero attached hydrogens (tertiary/aromatic N) is 3. The smallest absolute Gasteiger partial charge is 0.0741 e. The SMILES string of the molecule is C.CC(C)CN1CCN(c2ccc(N=C=S)cc2)CC1. The van der Waals surface area contributed by atoms with Gasteiger partial charge in [0.05, 0.1) is 10.8 Å². The van der Waals surface area contributed by atoms with Crippen molar-refractivity contribution in [3.8, 4) is 0 Å². The molecule has 0 atom stereocenters. The van der Waals surface area contributed by atoms with Crippen molar-refractivity contribution in [1.82, 2.24) is 4.90 Å². The Bertz CT molecular complexity index is 441. The molecule has 0 unspecified atom stereocenters. The van der Waals surface area contributed by atoms with Gasteiger partial charge in [-0.15, -0.1) is 0 Å². The van der Waals surface area contributed by atoms with Gasteiger partial charge in [0.1, 0.15) is 0 Å². The molecule has 0 spiro atoms. The largest absolute Gasteiger partial charge is 0.369 e. The number of hydrogen-bond acceptors (Lipinski definition) is 4. The highest BCUT2D eigenvalue weighted by molar-refractivity contribution is 7.78. The van der Waals surface area contributed by atoms with Crippen LogP contribution in [0.2, 0.25) is 0 Å². The lowest BCUT2D eigenvalue weighted by Crippen LogP contribution is -2.47. The van der Waals surface area contributed by atoms with Crippen molar-refractivity contribution in [3.63, 3.8) is 0 Å². The monoisotopic (exact) mass is 291 g/mol. The van der Waals surface area contributed by atoms with Gasteiger partial charge in [-0.1, -0.05) is 21.3 Å². The second-order valence-electron chi connectivity index (χ2n) is 5.40. The van der Waals surface area contributed by atoms with E-state index in [1.807, 2.05) is 12.1 Å². The van der Waals surface area contributed by atoms with E-state index in [-0.39, 0.29) is 7.43 Å². The van der Waals surface area contributed by atoms with Gasteiger partial charge in [0.15, 0.2) is 0 Å². The van der Waals surface area contributed by atoms with Crippen LogP contribution in [0, 0.1) is 5.92 Å². The summed E-state index contributed by atoms with van der Waals surface area (Å²) in [6.07, 6.45) is 0. The standard InChI is InChI=1S/C15H21N3S.CH4/c1-13(2)11-17-7-9-18(10-8-17)15-5-3-14(4-6-15)16-12-19;/h3-6,13H,7-11H2,1-2H3;1H4. The molecule has 1 aliphatic heterocycles. The summed E-state index contributed by atoms with van der Waals surface area (Å²) in [6.45, 7) is 10.3. The van der Waals surface area contributed by atoms with Crippen LogP contribution in [-0.4, -0.2) is 42.8 Å². The first-order valence-electron chi connectivity index (χ1n) is 6.84. The van der Waals surface area contributed by atoms with Gasteiger partial charge < -0.3 is 4.90 Å². The van der Waals surface area contributed by atoms with Crippen molar-refractivity contribution in [2.45, 2.75) is 21.3 Å². The first-order valence-corrected chi connectivity index (χ1v) is 7.25. The number of rotatable bonds is 4. The number of benzene rings is 1. The molecule has 0 aliphatic carbocycles. The number of isothiocyanates is 1. The van der Waals surface area contributed by atoms with Crippen LogP contribution in [-0.2, 0) is 0 Å². The van der Waals surface area contributed by atoms with Crippen LogP contribution >= 0.6 is 12.2 Å². The highest BCUT2D eigenvalue weighted by atomic mass is 32.1. The van der Waals surface area contributed by atoms with Crippen molar-refractivity contribution < 1.29 is 0 Å². The second kappa shape index (κ2) is 8.15. The number of aliphatic imine (C=N–C) groups is 1. The van der Waals surface area contributed by atoms with Crippen LogP contribution in [0.5, 0.6) is 0 Å². The minimum atomic E-state index is 0. The van der Waals surface area contributed by atoms with Gasteiger partial charge in [-0.3, -0.25) is 4.90 Å². The van der Waals surface area contributed by atoms with Crippen LogP contribution in [0.25, 0.3) is 0 Å². The van der Waals surface area contributed by atoms with E-state index < -0.39 is 0 Å². The molecule has 1 saturated heterocycles. The first-order chi connectivity index (χ1) is 9.19. The molecule has 3 nitrogen and oxygen atoms in total. The van der Waals surface area contributed by atoms with Gasteiger partial charge in [-0.05, 0) is 42.4 Å². The second-order valence-corrected chi connectivity index (χ2v) is 5.58. The van der Waals surface area contributed by atoms with E-state index in [0.29, 0.717) is 0 Å². The van der Waals surface area contributed by atoms with Crippen molar-refractivity contribution in [2.75, 3.05) is 37.6 Å². The Kier molecular flexibility index (Phi) is 6.86. The van der Waals surface area contributed by atoms with Crippen LogP contribution in [0.4, 0.5) is 11.4 Å². The molecule has 1 aromatic rings. The van der Waals surface area contributed by atoms with Crippen LogP contribution in [0.15, 0.2) is 29.3 Å². The van der Waals surface area contributed by atoms with Crippen molar-refractivity contribution >= 4 is 28.8 Å². The van der Waals surface area contributed by atoms with E-state index in [1.54, 1.807) is 0 Å². The van der Waals surface area contributed by atoms with Gasteiger partial charge in [0.2, 0.25) is 0 Å². The topological polar surface area (TPSA) is 18.8 Å². The zero-order chi connectivity index (χ0) is 13.7. The summed E-state index contributed by atoms with van der Waals surface area (Å²) >= 11 is 4.61. The number of thiocarbonyl (C=S) groups is 1. The number of hydrogen-bond donors (Lipinski definition) is 0. The Hall–Kier alpha value is -1.22. The maximum Gasteiger partial charge on any atom is 0.0741 e. The Morgan fingerprint density at radius 3 is 2.25 bits per heavy atom. The van der Waals surface area contributed by atoms with E-state index in [4.69, 9.17) is 0 Å². The Labute approximate surface area is 128 Å². The van der Waals surface area contributed by atoms with E-state index in [9.17, 15) is 0 Å². The molecule has 1 aromatic carbocycles. The highest BCUT2D eigenvalue weighted by Crippen LogP contribution is 2.21.